The number of nitrogens with zero attached hydrogens (tertiary/aromatic N) is 1. The van der Waals surface area contributed by atoms with Gasteiger partial charge in [0, 0.05) is 23.7 Å². The van der Waals surface area contributed by atoms with E-state index in [-0.39, 0.29) is 39.4 Å². The Kier molecular flexibility index (Phi) is 4.95. The molecule has 0 radical (unpaired) electrons. The number of rotatable bonds is 6. The van der Waals surface area contributed by atoms with Crippen molar-refractivity contribution < 1.29 is 24.6 Å². The van der Waals surface area contributed by atoms with E-state index in [1.54, 1.807) is 12.1 Å². The highest BCUT2D eigenvalue weighted by atomic mass is 16.7. The molecule has 3 rings (SSSR count). The van der Waals surface area contributed by atoms with Crippen LogP contribution in [0.5, 0.6) is 11.5 Å². The van der Waals surface area contributed by atoms with Crippen molar-refractivity contribution in [3.05, 3.63) is 52.6 Å². The molecule has 0 bridgehead atoms. The minimum absolute atomic E-state index is 0.167. The molecule has 1 aliphatic carbocycles. The van der Waals surface area contributed by atoms with Crippen LogP contribution in [0.15, 0.2) is 30.3 Å². The second-order valence-electron chi connectivity index (χ2n) is 6.10. The van der Waals surface area contributed by atoms with E-state index in [1.165, 1.54) is 23.3 Å². The number of phenols is 2. The van der Waals surface area contributed by atoms with Gasteiger partial charge in [-0.1, -0.05) is 37.6 Å². The summed E-state index contributed by atoms with van der Waals surface area (Å²) in [6.07, 6.45) is 1.78. The Labute approximate surface area is 151 Å². The van der Waals surface area contributed by atoms with Gasteiger partial charge in [-0.15, -0.1) is 0 Å². The highest BCUT2D eigenvalue weighted by Gasteiger charge is 2.36. The Hall–Kier alpha value is -2.86. The Bertz CT molecular complexity index is 875. The number of benzene rings is 2. The number of hydroxylamine groups is 1. The van der Waals surface area contributed by atoms with E-state index >= 15 is 0 Å². The molecule has 26 heavy (non-hydrogen) atoms. The molecule has 136 valence electrons. The zero-order valence-electron chi connectivity index (χ0n) is 14.8. The third kappa shape index (κ3) is 2.82. The summed E-state index contributed by atoms with van der Waals surface area (Å²) in [5.74, 6) is -1.68. The van der Waals surface area contributed by atoms with Crippen molar-refractivity contribution in [2.75, 3.05) is 18.2 Å². The first kappa shape index (κ1) is 17.9. The number of ketones is 2. The van der Waals surface area contributed by atoms with Gasteiger partial charge < -0.3 is 10.2 Å². The largest absolute Gasteiger partial charge is 0.507 e. The minimum Gasteiger partial charge on any atom is -0.507 e. The van der Waals surface area contributed by atoms with Gasteiger partial charge in [-0.3, -0.25) is 19.5 Å². The fourth-order valence-electron chi connectivity index (χ4n) is 3.08. The van der Waals surface area contributed by atoms with Gasteiger partial charge in [0.05, 0.1) is 17.7 Å². The molecule has 6 nitrogen and oxygen atoms in total. The van der Waals surface area contributed by atoms with Crippen molar-refractivity contribution >= 4 is 17.3 Å². The van der Waals surface area contributed by atoms with Crippen LogP contribution in [0.2, 0.25) is 0 Å². The second kappa shape index (κ2) is 7.17. The Morgan fingerprint density at radius 1 is 1.00 bits per heavy atom. The van der Waals surface area contributed by atoms with Crippen molar-refractivity contribution in [3.8, 4) is 11.5 Å². The van der Waals surface area contributed by atoms with E-state index in [0.29, 0.717) is 13.2 Å². The average Bonchev–Trinajstić information content (AvgIpc) is 2.65. The van der Waals surface area contributed by atoms with Crippen molar-refractivity contribution in [1.29, 1.82) is 0 Å². The lowest BCUT2D eigenvalue weighted by molar-refractivity contribution is 0.0969. The molecule has 0 aliphatic heterocycles. The quantitative estimate of drug-likeness (QED) is 0.400. The van der Waals surface area contributed by atoms with Gasteiger partial charge in [0.1, 0.15) is 11.4 Å². The van der Waals surface area contributed by atoms with Crippen molar-refractivity contribution in [2.24, 2.45) is 0 Å². The van der Waals surface area contributed by atoms with Crippen molar-refractivity contribution in [1.82, 2.24) is 0 Å². The zero-order valence-corrected chi connectivity index (χ0v) is 14.8. The number of anilines is 1. The number of carbonyl (C=O) groups excluding carboxylic acids is 2. The molecule has 0 aromatic heterocycles. The smallest absolute Gasteiger partial charge is 0.198 e. The number of hydrogen-bond donors (Lipinski definition) is 2. The van der Waals surface area contributed by atoms with E-state index < -0.39 is 11.6 Å². The molecule has 0 saturated carbocycles. The Balaban J connectivity index is 2.12. The zero-order chi connectivity index (χ0) is 18.8. The van der Waals surface area contributed by atoms with Crippen LogP contribution in [0.1, 0.15) is 58.5 Å². The maximum absolute atomic E-state index is 12.9. The lowest BCUT2D eigenvalue weighted by Crippen LogP contribution is -2.26. The number of fused-ring (bicyclic) bond motifs is 2. The first-order valence-electron chi connectivity index (χ1n) is 8.69. The van der Waals surface area contributed by atoms with Gasteiger partial charge in [-0.25, -0.2) is 0 Å². The van der Waals surface area contributed by atoms with Crippen molar-refractivity contribution in [2.45, 2.75) is 26.7 Å². The van der Waals surface area contributed by atoms with E-state index in [4.69, 9.17) is 4.84 Å². The Morgan fingerprint density at radius 2 is 1.62 bits per heavy atom. The standard InChI is InChI=1S/C20H21NO5/c1-3-5-10-26-21(4-2)14-11-15(22)16-17(20(14)25)19(24)13-9-7-6-8-12(13)18(16)23/h6-9,11,22,25H,3-5,10H2,1-2H3. The molecule has 0 fully saturated rings. The van der Waals surface area contributed by atoms with Crippen LogP contribution in [-0.2, 0) is 4.84 Å². The molecule has 2 aromatic carbocycles. The molecule has 1 aliphatic rings. The number of aromatic hydroxyl groups is 2. The van der Waals surface area contributed by atoms with E-state index in [2.05, 4.69) is 0 Å². The second-order valence-corrected chi connectivity index (χ2v) is 6.10. The Morgan fingerprint density at radius 3 is 2.19 bits per heavy atom. The predicted octanol–water partition coefficient (Wildman–Crippen LogP) is 3.43. The lowest BCUT2D eigenvalue weighted by atomic mass is 9.82. The third-order valence-electron chi connectivity index (χ3n) is 4.43. The van der Waals surface area contributed by atoms with Gasteiger partial charge in [0.25, 0.3) is 0 Å². The number of carbonyl (C=O) groups is 2. The fourth-order valence-corrected chi connectivity index (χ4v) is 3.08. The monoisotopic (exact) mass is 355 g/mol. The first-order valence-corrected chi connectivity index (χ1v) is 8.69. The summed E-state index contributed by atoms with van der Waals surface area (Å²) in [4.78, 5) is 31.2. The average molecular weight is 355 g/mol. The minimum atomic E-state index is -0.491. The number of hydrogen-bond acceptors (Lipinski definition) is 6. The van der Waals surface area contributed by atoms with Gasteiger partial charge in [-0.2, -0.15) is 0 Å². The molecular weight excluding hydrogens is 334 g/mol. The maximum atomic E-state index is 12.9. The van der Waals surface area contributed by atoms with Crippen LogP contribution in [0.25, 0.3) is 0 Å². The molecule has 2 N–H and O–H groups in total. The SMILES string of the molecule is CCCCON(CC)c1cc(O)c2c(c1O)C(=O)c1ccccc1C2=O. The topological polar surface area (TPSA) is 87.1 Å². The molecule has 2 aromatic rings. The van der Waals surface area contributed by atoms with Crippen LogP contribution in [0.4, 0.5) is 5.69 Å². The summed E-state index contributed by atoms with van der Waals surface area (Å²) in [6.45, 7) is 4.69. The molecule has 0 saturated heterocycles. The van der Waals surface area contributed by atoms with E-state index in [1.807, 2.05) is 13.8 Å². The van der Waals surface area contributed by atoms with Crippen LogP contribution in [0, 0.1) is 0 Å². The summed E-state index contributed by atoms with van der Waals surface area (Å²) in [7, 11) is 0. The summed E-state index contributed by atoms with van der Waals surface area (Å²) in [5, 5.41) is 22.6. The maximum Gasteiger partial charge on any atom is 0.198 e. The lowest BCUT2D eigenvalue weighted by Gasteiger charge is -2.26. The van der Waals surface area contributed by atoms with Gasteiger partial charge >= 0.3 is 0 Å². The first-order chi connectivity index (χ1) is 12.5. The third-order valence-corrected chi connectivity index (χ3v) is 4.43. The highest BCUT2D eigenvalue weighted by molar-refractivity contribution is 6.30. The molecular formula is C20H21NO5. The normalized spacial score (nSPS) is 12.7. The van der Waals surface area contributed by atoms with Crippen LogP contribution < -0.4 is 5.06 Å². The molecule has 0 amide bonds. The van der Waals surface area contributed by atoms with Crippen LogP contribution in [-0.4, -0.2) is 34.9 Å². The van der Waals surface area contributed by atoms with E-state index in [0.717, 1.165) is 12.8 Å². The molecule has 0 spiro atoms. The van der Waals surface area contributed by atoms with Gasteiger partial charge in [0.15, 0.2) is 17.3 Å². The van der Waals surface area contributed by atoms with Crippen molar-refractivity contribution in [3.63, 3.8) is 0 Å². The van der Waals surface area contributed by atoms with Crippen LogP contribution in [0.3, 0.4) is 0 Å². The number of unbranched alkanes of at least 4 members (excludes halogenated alkanes) is 1. The molecule has 0 atom stereocenters. The number of phenolic OH excluding ortho intramolecular Hbond substituents is 2. The fraction of sp³-hybridized carbons (Fsp3) is 0.300. The highest BCUT2D eigenvalue weighted by Crippen LogP contribution is 2.43. The summed E-state index contributed by atoms with van der Waals surface area (Å²) >= 11 is 0. The molecule has 0 unspecified atom stereocenters. The van der Waals surface area contributed by atoms with Gasteiger partial charge in [-0.05, 0) is 13.3 Å². The summed E-state index contributed by atoms with van der Waals surface area (Å²) in [6, 6.07) is 7.65. The summed E-state index contributed by atoms with van der Waals surface area (Å²) < 4.78 is 0. The van der Waals surface area contributed by atoms with Crippen LogP contribution >= 0.6 is 0 Å². The van der Waals surface area contributed by atoms with E-state index in [9.17, 15) is 19.8 Å². The van der Waals surface area contributed by atoms with Gasteiger partial charge in [0.2, 0.25) is 0 Å². The summed E-state index contributed by atoms with van der Waals surface area (Å²) in [5.41, 5.74) is 0.256. The molecule has 6 heteroatoms. The predicted molar refractivity (Wildman–Crippen MR) is 97.0 cm³/mol. The molecule has 0 heterocycles.